The minimum absolute atomic E-state index is 0.0996. The zero-order valence-corrected chi connectivity index (χ0v) is 7.32. The van der Waals surface area contributed by atoms with E-state index in [1.54, 1.807) is 0 Å². The first-order chi connectivity index (χ1) is 6.07. The predicted octanol–water partition coefficient (Wildman–Crippen LogP) is -2.56. The van der Waals surface area contributed by atoms with Crippen LogP contribution in [0.15, 0.2) is 5.16 Å². The van der Waals surface area contributed by atoms with Gasteiger partial charge in [0.2, 0.25) is 0 Å². The molecule has 0 fully saturated rings. The average molecular weight is 205 g/mol. The lowest BCUT2D eigenvalue weighted by Crippen LogP contribution is -2.38. The number of carboxylic acid groups (broad SMARTS) is 2. The van der Waals surface area contributed by atoms with E-state index in [1.807, 2.05) is 0 Å². The van der Waals surface area contributed by atoms with Crippen molar-refractivity contribution in [2.45, 2.75) is 11.7 Å². The molecule has 0 aliphatic carbocycles. The predicted molar refractivity (Wildman–Crippen MR) is 41.2 cm³/mol. The summed E-state index contributed by atoms with van der Waals surface area (Å²) in [6.07, 6.45) is 0.433. The van der Waals surface area contributed by atoms with E-state index in [1.165, 1.54) is 0 Å². The van der Waals surface area contributed by atoms with Gasteiger partial charge in [0.15, 0.2) is 0 Å². The van der Waals surface area contributed by atoms with Crippen LogP contribution in [-0.4, -0.2) is 34.4 Å². The fourth-order valence-corrected chi connectivity index (χ4v) is 1.33. The summed E-state index contributed by atoms with van der Waals surface area (Å²) in [5.74, 6) is -2.83. The van der Waals surface area contributed by atoms with Crippen molar-refractivity contribution in [1.82, 2.24) is 0 Å². The summed E-state index contributed by atoms with van der Waals surface area (Å²) >= 11 is 0.790. The van der Waals surface area contributed by atoms with Crippen molar-refractivity contribution in [3.8, 4) is 0 Å². The molecule has 6 nitrogen and oxygen atoms in total. The largest absolute Gasteiger partial charge is 0.550 e. The second-order valence-electron chi connectivity index (χ2n) is 2.02. The van der Waals surface area contributed by atoms with E-state index in [-0.39, 0.29) is 5.75 Å². The lowest BCUT2D eigenvalue weighted by atomic mass is 10.3. The zero-order chi connectivity index (χ0) is 10.3. The van der Waals surface area contributed by atoms with Crippen LogP contribution in [0.3, 0.4) is 0 Å². The Morgan fingerprint density at radius 1 is 1.54 bits per heavy atom. The van der Waals surface area contributed by atoms with Gasteiger partial charge in [-0.05, 0) is 0 Å². The molecule has 0 aliphatic heterocycles. The van der Waals surface area contributed by atoms with E-state index in [2.05, 4.69) is 5.16 Å². The average Bonchev–Trinajstić information content (AvgIpc) is 2.02. The molecule has 0 saturated carbocycles. The highest BCUT2D eigenvalue weighted by Crippen LogP contribution is 2.12. The quantitative estimate of drug-likeness (QED) is 0.290. The minimum atomic E-state index is -1.47. The van der Waals surface area contributed by atoms with Crippen LogP contribution in [0.5, 0.6) is 0 Å². The lowest BCUT2D eigenvalue weighted by Gasteiger charge is -2.16. The molecule has 7 heteroatoms. The van der Waals surface area contributed by atoms with E-state index >= 15 is 0 Å². The van der Waals surface area contributed by atoms with Gasteiger partial charge in [-0.1, -0.05) is 0 Å². The Morgan fingerprint density at radius 3 is 2.54 bits per heavy atom. The maximum Gasteiger partial charge on any atom is 0.0548 e. The van der Waals surface area contributed by atoms with Crippen LogP contribution in [0.4, 0.5) is 0 Å². The van der Waals surface area contributed by atoms with Gasteiger partial charge < -0.3 is 25.0 Å². The van der Waals surface area contributed by atoms with Gasteiger partial charge >= 0.3 is 0 Å². The van der Waals surface area contributed by atoms with Crippen molar-refractivity contribution in [2.24, 2.45) is 5.16 Å². The maximum absolute atomic E-state index is 10.3. The van der Waals surface area contributed by atoms with Crippen molar-refractivity contribution < 1.29 is 25.0 Å². The molecule has 0 saturated heterocycles. The van der Waals surface area contributed by atoms with Crippen LogP contribution in [0.25, 0.3) is 0 Å². The summed E-state index contributed by atoms with van der Waals surface area (Å²) in [7, 11) is 0. The van der Waals surface area contributed by atoms with Gasteiger partial charge in [-0.15, -0.1) is 16.9 Å². The summed E-state index contributed by atoms with van der Waals surface area (Å²) in [5, 5.41) is 29.8. The summed E-state index contributed by atoms with van der Waals surface area (Å²) in [4.78, 5) is 20.3. The molecule has 74 valence electrons. The fourth-order valence-electron chi connectivity index (χ4n) is 0.554. The topological polar surface area (TPSA) is 113 Å². The van der Waals surface area contributed by atoms with Crippen molar-refractivity contribution in [3.63, 3.8) is 0 Å². The number of oxime groups is 1. The van der Waals surface area contributed by atoms with E-state index in [0.29, 0.717) is 0 Å². The van der Waals surface area contributed by atoms with Crippen molar-refractivity contribution in [3.05, 3.63) is 0 Å². The molecule has 0 unspecified atom stereocenters. The Hall–Kier alpha value is -1.24. The van der Waals surface area contributed by atoms with Gasteiger partial charge in [-0.2, -0.15) is 0 Å². The second kappa shape index (κ2) is 6.30. The molecule has 0 aromatic carbocycles. The number of hydrogen-bond donors (Lipinski definition) is 1. The van der Waals surface area contributed by atoms with E-state index in [0.717, 1.165) is 18.0 Å². The standard InChI is InChI=1S/C6H9NO5S/c8-5(9)3-4(6(10)11)13-2-1-7-12/h1,4,12H,2-3H2,(H,8,9)(H,10,11)/p-2/b7-1+/t4-/m1/s1. The Kier molecular flexibility index (Phi) is 5.69. The summed E-state index contributed by atoms with van der Waals surface area (Å²) < 4.78 is 0. The highest BCUT2D eigenvalue weighted by atomic mass is 32.2. The zero-order valence-electron chi connectivity index (χ0n) is 6.50. The van der Waals surface area contributed by atoms with Gasteiger partial charge in [-0.3, -0.25) is 0 Å². The van der Waals surface area contributed by atoms with Gasteiger partial charge in [-0.25, -0.2) is 0 Å². The van der Waals surface area contributed by atoms with Crippen LogP contribution in [0.1, 0.15) is 6.42 Å². The van der Waals surface area contributed by atoms with Gasteiger partial charge in [0.05, 0.1) is 12.2 Å². The van der Waals surface area contributed by atoms with Crippen LogP contribution in [0.2, 0.25) is 0 Å². The van der Waals surface area contributed by atoms with Gasteiger partial charge in [0.25, 0.3) is 0 Å². The molecule has 0 aromatic heterocycles. The van der Waals surface area contributed by atoms with Crippen LogP contribution < -0.4 is 10.2 Å². The number of carbonyl (C=O) groups excluding carboxylic acids is 2. The molecule has 0 spiro atoms. The first kappa shape index (κ1) is 11.8. The number of carbonyl (C=O) groups is 2. The molecule has 1 atom stereocenters. The van der Waals surface area contributed by atoms with Crippen molar-refractivity contribution >= 4 is 29.9 Å². The molecule has 0 bridgehead atoms. The molecule has 0 amide bonds. The van der Waals surface area contributed by atoms with Crippen molar-refractivity contribution in [1.29, 1.82) is 0 Å². The third-order valence-electron chi connectivity index (χ3n) is 1.07. The Balaban J connectivity index is 3.95. The number of thioether (sulfide) groups is 1. The van der Waals surface area contributed by atoms with Crippen LogP contribution >= 0.6 is 11.8 Å². The molecular weight excluding hydrogens is 198 g/mol. The van der Waals surface area contributed by atoms with Crippen LogP contribution in [0, 0.1) is 0 Å². The van der Waals surface area contributed by atoms with Crippen molar-refractivity contribution in [2.75, 3.05) is 5.75 Å². The van der Waals surface area contributed by atoms with Gasteiger partial charge in [0.1, 0.15) is 0 Å². The van der Waals surface area contributed by atoms with E-state index < -0.39 is 23.6 Å². The number of nitrogens with zero attached hydrogens (tertiary/aromatic N) is 1. The second-order valence-corrected chi connectivity index (χ2v) is 3.25. The smallest absolute Gasteiger partial charge is 0.0548 e. The maximum atomic E-state index is 10.3. The molecule has 0 radical (unpaired) electrons. The molecule has 1 N–H and O–H groups in total. The van der Waals surface area contributed by atoms with Gasteiger partial charge in [0, 0.05) is 23.4 Å². The molecule has 0 heterocycles. The lowest BCUT2D eigenvalue weighted by molar-refractivity contribution is -0.314. The number of hydrogen-bond acceptors (Lipinski definition) is 7. The first-order valence-electron chi connectivity index (χ1n) is 3.26. The Labute approximate surface area is 78.2 Å². The Morgan fingerprint density at radius 2 is 2.15 bits per heavy atom. The van der Waals surface area contributed by atoms with Crippen LogP contribution in [-0.2, 0) is 9.59 Å². The molecule has 0 aliphatic rings. The number of aliphatic carboxylic acids is 2. The monoisotopic (exact) mass is 205 g/mol. The summed E-state index contributed by atoms with van der Waals surface area (Å²) in [6.45, 7) is 0. The summed E-state index contributed by atoms with van der Waals surface area (Å²) in [5.41, 5.74) is 0. The molecule has 0 aromatic rings. The first-order valence-corrected chi connectivity index (χ1v) is 4.31. The normalized spacial score (nSPS) is 12.9. The summed E-state index contributed by atoms with van der Waals surface area (Å²) in [6, 6.07) is 0. The third-order valence-corrected chi connectivity index (χ3v) is 2.17. The Bertz CT molecular complexity index is 217. The molecular formula is C6H7NO5S-2. The van der Waals surface area contributed by atoms with E-state index in [9.17, 15) is 19.8 Å². The minimum Gasteiger partial charge on any atom is -0.550 e. The number of rotatable bonds is 6. The molecule has 0 rings (SSSR count). The third kappa shape index (κ3) is 5.97. The highest BCUT2D eigenvalue weighted by molar-refractivity contribution is 8.01. The number of carboxylic acids is 2. The highest BCUT2D eigenvalue weighted by Gasteiger charge is 2.09. The van der Waals surface area contributed by atoms with E-state index in [4.69, 9.17) is 5.21 Å². The fraction of sp³-hybridized carbons (Fsp3) is 0.500. The SMILES string of the molecule is O=C([O-])C[C@@H](SC/C=N/O)C(=O)[O-]. The molecule has 13 heavy (non-hydrogen) atoms.